The topological polar surface area (TPSA) is 69.6 Å². The number of hydrogen-bond acceptors (Lipinski definition) is 3. The van der Waals surface area contributed by atoms with Gasteiger partial charge in [0, 0.05) is 25.6 Å². The number of amides is 1. The molecular weight excluding hydrogens is 232 g/mol. The van der Waals surface area contributed by atoms with Crippen molar-refractivity contribution >= 4 is 11.9 Å². The molecule has 1 rings (SSSR count). The van der Waals surface area contributed by atoms with Crippen LogP contribution < -0.4 is 5.32 Å². The van der Waals surface area contributed by atoms with Crippen LogP contribution in [0.5, 0.6) is 0 Å². The Kier molecular flexibility index (Phi) is 5.66. The number of nitrogens with zero attached hydrogens (tertiary/aromatic N) is 1. The van der Waals surface area contributed by atoms with E-state index < -0.39 is 5.97 Å². The summed E-state index contributed by atoms with van der Waals surface area (Å²) in [5.41, 5.74) is 0. The van der Waals surface area contributed by atoms with Gasteiger partial charge in [0.2, 0.25) is 5.91 Å². The Morgan fingerprint density at radius 1 is 1.50 bits per heavy atom. The second kappa shape index (κ2) is 7.02. The molecule has 1 aliphatic rings. The normalized spacial score (nSPS) is 18.1. The molecule has 0 spiro atoms. The van der Waals surface area contributed by atoms with E-state index in [9.17, 15) is 9.59 Å². The van der Waals surface area contributed by atoms with Crippen molar-refractivity contribution in [1.82, 2.24) is 10.2 Å². The smallest absolute Gasteiger partial charge is 0.306 e. The van der Waals surface area contributed by atoms with Crippen LogP contribution in [0, 0.1) is 18.3 Å². The first-order valence-electron chi connectivity index (χ1n) is 6.22. The monoisotopic (exact) mass is 252 g/mol. The van der Waals surface area contributed by atoms with E-state index in [1.165, 1.54) is 0 Å². The molecule has 1 aliphatic heterocycles. The van der Waals surface area contributed by atoms with E-state index in [1.54, 1.807) is 4.90 Å². The van der Waals surface area contributed by atoms with Crippen molar-refractivity contribution in [3.63, 3.8) is 0 Å². The molecule has 5 nitrogen and oxygen atoms in total. The number of nitrogens with one attached hydrogen (secondary N) is 1. The maximum Gasteiger partial charge on any atom is 0.306 e. The van der Waals surface area contributed by atoms with Crippen LogP contribution in [-0.2, 0) is 9.59 Å². The van der Waals surface area contributed by atoms with E-state index in [2.05, 4.69) is 11.2 Å². The molecule has 5 heteroatoms. The van der Waals surface area contributed by atoms with Gasteiger partial charge in [0.15, 0.2) is 0 Å². The highest BCUT2D eigenvalue weighted by Gasteiger charge is 2.26. The molecule has 0 radical (unpaired) electrons. The lowest BCUT2D eigenvalue weighted by Gasteiger charge is -2.30. The summed E-state index contributed by atoms with van der Waals surface area (Å²) in [6, 6.07) is 0.121. The highest BCUT2D eigenvalue weighted by atomic mass is 16.4. The maximum absolute atomic E-state index is 11.8. The van der Waals surface area contributed by atoms with E-state index in [0.29, 0.717) is 32.4 Å². The van der Waals surface area contributed by atoms with E-state index in [0.717, 1.165) is 0 Å². The molecule has 1 fully saturated rings. The first kappa shape index (κ1) is 14.5. The van der Waals surface area contributed by atoms with Gasteiger partial charge in [-0.1, -0.05) is 0 Å². The fourth-order valence-electron chi connectivity index (χ4n) is 2.00. The molecule has 2 N–H and O–H groups in total. The molecule has 1 saturated heterocycles. The first-order chi connectivity index (χ1) is 8.54. The summed E-state index contributed by atoms with van der Waals surface area (Å²) in [6.07, 6.45) is 6.86. The average Bonchev–Trinajstić information content (AvgIpc) is 2.36. The van der Waals surface area contributed by atoms with Crippen LogP contribution in [0.3, 0.4) is 0 Å². The highest BCUT2D eigenvalue weighted by Crippen LogP contribution is 2.17. The number of carbonyl (C=O) groups is 2. The Labute approximate surface area is 108 Å². The summed E-state index contributed by atoms with van der Waals surface area (Å²) in [6.45, 7) is 3.26. The molecule has 1 atom stereocenters. The van der Waals surface area contributed by atoms with Gasteiger partial charge in [0.1, 0.15) is 0 Å². The Balaban J connectivity index is 2.28. The van der Waals surface area contributed by atoms with E-state index >= 15 is 0 Å². The van der Waals surface area contributed by atoms with Gasteiger partial charge in [-0.2, -0.15) is 0 Å². The van der Waals surface area contributed by atoms with Crippen molar-refractivity contribution in [1.29, 1.82) is 0 Å². The van der Waals surface area contributed by atoms with Gasteiger partial charge in [0.25, 0.3) is 0 Å². The predicted octanol–water partition coefficient (Wildman–Crippen LogP) is 0.311. The molecule has 1 unspecified atom stereocenters. The standard InChI is InChI=1S/C13H20N2O3/c1-3-4-10(2)14-9-12(16)15-7-5-11(6-8-15)13(17)18/h1,10-11,14H,4-9H2,2H3,(H,17,18). The van der Waals surface area contributed by atoms with Gasteiger partial charge in [-0.05, 0) is 19.8 Å². The SMILES string of the molecule is C#CCC(C)NCC(=O)N1CCC(C(=O)O)CC1. The minimum atomic E-state index is -0.761. The van der Waals surface area contributed by atoms with E-state index in [-0.39, 0.29) is 24.4 Å². The Bertz CT molecular complexity index is 341. The number of carbonyl (C=O) groups excluding carboxylic acids is 1. The minimum absolute atomic E-state index is 0.0164. The number of likely N-dealkylation sites (tertiary alicyclic amines) is 1. The lowest BCUT2D eigenvalue weighted by Crippen LogP contribution is -2.45. The molecule has 0 aromatic heterocycles. The van der Waals surface area contributed by atoms with Crippen LogP contribution in [0.4, 0.5) is 0 Å². The van der Waals surface area contributed by atoms with Crippen molar-refractivity contribution < 1.29 is 14.7 Å². The van der Waals surface area contributed by atoms with Gasteiger partial charge in [0.05, 0.1) is 12.5 Å². The third kappa shape index (κ3) is 4.38. The lowest BCUT2D eigenvalue weighted by molar-refractivity contribution is -0.145. The van der Waals surface area contributed by atoms with Gasteiger partial charge in [-0.15, -0.1) is 12.3 Å². The second-order valence-corrected chi connectivity index (χ2v) is 4.68. The fraction of sp³-hybridized carbons (Fsp3) is 0.692. The van der Waals surface area contributed by atoms with E-state index in [4.69, 9.17) is 11.5 Å². The summed E-state index contributed by atoms with van der Waals surface area (Å²) in [5, 5.41) is 11.9. The van der Waals surface area contributed by atoms with E-state index in [1.807, 2.05) is 6.92 Å². The molecule has 0 saturated carbocycles. The minimum Gasteiger partial charge on any atom is -0.481 e. The van der Waals surface area contributed by atoms with Crippen molar-refractivity contribution in [2.75, 3.05) is 19.6 Å². The Hall–Kier alpha value is -1.54. The number of aliphatic carboxylic acids is 1. The summed E-state index contributed by atoms with van der Waals surface area (Å²) in [4.78, 5) is 24.3. The molecular formula is C13H20N2O3. The van der Waals surface area contributed by atoms with Crippen molar-refractivity contribution in [3.05, 3.63) is 0 Å². The molecule has 0 aromatic rings. The highest BCUT2D eigenvalue weighted by molar-refractivity contribution is 5.79. The van der Waals surface area contributed by atoms with Crippen LogP contribution in [0.2, 0.25) is 0 Å². The second-order valence-electron chi connectivity index (χ2n) is 4.68. The van der Waals surface area contributed by atoms with Gasteiger partial charge >= 0.3 is 5.97 Å². The maximum atomic E-state index is 11.8. The summed E-state index contributed by atoms with van der Waals surface area (Å²) < 4.78 is 0. The van der Waals surface area contributed by atoms with Gasteiger partial charge in [-0.3, -0.25) is 9.59 Å². The zero-order chi connectivity index (χ0) is 13.5. The first-order valence-corrected chi connectivity index (χ1v) is 6.22. The molecule has 18 heavy (non-hydrogen) atoms. The van der Waals surface area contributed by atoms with Gasteiger partial charge in [-0.25, -0.2) is 0 Å². The number of piperidine rings is 1. The number of terminal acetylenes is 1. The quantitative estimate of drug-likeness (QED) is 0.691. The third-order valence-electron chi connectivity index (χ3n) is 3.22. The fourth-order valence-corrected chi connectivity index (χ4v) is 2.00. The molecule has 0 bridgehead atoms. The van der Waals surface area contributed by atoms with Crippen LogP contribution in [-0.4, -0.2) is 47.6 Å². The number of carboxylic acid groups (broad SMARTS) is 1. The Morgan fingerprint density at radius 3 is 2.61 bits per heavy atom. The summed E-state index contributed by atoms with van der Waals surface area (Å²) >= 11 is 0. The Morgan fingerprint density at radius 2 is 2.11 bits per heavy atom. The third-order valence-corrected chi connectivity index (χ3v) is 3.22. The largest absolute Gasteiger partial charge is 0.481 e. The lowest BCUT2D eigenvalue weighted by atomic mass is 9.97. The summed E-state index contributed by atoms with van der Waals surface area (Å²) in [7, 11) is 0. The molecule has 1 amide bonds. The van der Waals surface area contributed by atoms with Crippen LogP contribution >= 0.6 is 0 Å². The number of rotatable bonds is 5. The predicted molar refractivity (Wildman–Crippen MR) is 67.9 cm³/mol. The zero-order valence-electron chi connectivity index (χ0n) is 10.7. The molecule has 0 aliphatic carbocycles. The molecule has 1 heterocycles. The number of hydrogen-bond donors (Lipinski definition) is 2. The number of carboxylic acids is 1. The van der Waals surface area contributed by atoms with Crippen LogP contribution in [0.1, 0.15) is 26.2 Å². The van der Waals surface area contributed by atoms with Gasteiger partial charge < -0.3 is 15.3 Å². The summed E-state index contributed by atoms with van der Waals surface area (Å²) in [5.74, 6) is 1.49. The van der Waals surface area contributed by atoms with Crippen molar-refractivity contribution in [2.45, 2.75) is 32.2 Å². The van der Waals surface area contributed by atoms with Crippen LogP contribution in [0.15, 0.2) is 0 Å². The molecule has 100 valence electrons. The zero-order valence-corrected chi connectivity index (χ0v) is 10.7. The average molecular weight is 252 g/mol. The van der Waals surface area contributed by atoms with Crippen LogP contribution in [0.25, 0.3) is 0 Å². The molecule has 0 aromatic carbocycles. The van der Waals surface area contributed by atoms with Crippen molar-refractivity contribution in [2.24, 2.45) is 5.92 Å². The van der Waals surface area contributed by atoms with Crippen molar-refractivity contribution in [3.8, 4) is 12.3 Å².